The minimum Gasteiger partial charge on any atom is -0.352 e. The standard InChI is InChI=1S/C11H12ClF3N2/c12-5-6-17(9-2-3-9)10-4-1-8(7-16-10)11(13,14)15/h1,4,7,9H,2-3,5-6H2. The van der Waals surface area contributed by atoms with E-state index >= 15 is 0 Å². The lowest BCUT2D eigenvalue weighted by molar-refractivity contribution is -0.137. The van der Waals surface area contributed by atoms with E-state index < -0.39 is 11.7 Å². The number of pyridine rings is 1. The van der Waals surface area contributed by atoms with Crippen LogP contribution in [0.3, 0.4) is 0 Å². The Morgan fingerprint density at radius 3 is 2.47 bits per heavy atom. The van der Waals surface area contributed by atoms with Gasteiger partial charge in [-0.3, -0.25) is 0 Å². The predicted octanol–water partition coefficient (Wildman–Crippen LogP) is 3.31. The van der Waals surface area contributed by atoms with Crippen molar-refractivity contribution in [3.8, 4) is 0 Å². The highest BCUT2D eigenvalue weighted by molar-refractivity contribution is 6.18. The van der Waals surface area contributed by atoms with Crippen LogP contribution in [-0.2, 0) is 6.18 Å². The van der Waals surface area contributed by atoms with Crippen molar-refractivity contribution in [3.63, 3.8) is 0 Å². The second-order valence-corrected chi connectivity index (χ2v) is 4.39. The van der Waals surface area contributed by atoms with Crippen molar-refractivity contribution in [3.05, 3.63) is 23.9 Å². The van der Waals surface area contributed by atoms with Crippen LogP contribution in [-0.4, -0.2) is 23.5 Å². The fourth-order valence-electron chi connectivity index (χ4n) is 1.69. The fraction of sp³-hybridized carbons (Fsp3) is 0.545. The average Bonchev–Trinajstić information content (AvgIpc) is 3.09. The van der Waals surface area contributed by atoms with Gasteiger partial charge in [0.1, 0.15) is 5.82 Å². The maximum atomic E-state index is 12.4. The average molecular weight is 265 g/mol. The molecule has 0 spiro atoms. The van der Waals surface area contributed by atoms with E-state index in [0.717, 1.165) is 25.1 Å². The molecule has 2 rings (SSSR count). The van der Waals surface area contributed by atoms with E-state index in [9.17, 15) is 13.2 Å². The summed E-state index contributed by atoms with van der Waals surface area (Å²) in [5.74, 6) is 1.01. The molecular formula is C11H12ClF3N2. The first-order chi connectivity index (χ1) is 8.02. The van der Waals surface area contributed by atoms with Gasteiger partial charge in [0.2, 0.25) is 0 Å². The molecule has 2 nitrogen and oxygen atoms in total. The Morgan fingerprint density at radius 2 is 2.06 bits per heavy atom. The number of alkyl halides is 4. The summed E-state index contributed by atoms with van der Waals surface area (Å²) in [6.07, 6.45) is -1.35. The summed E-state index contributed by atoms with van der Waals surface area (Å²) in [5, 5.41) is 0. The van der Waals surface area contributed by atoms with Gasteiger partial charge in [0.25, 0.3) is 0 Å². The first kappa shape index (κ1) is 12.5. The van der Waals surface area contributed by atoms with E-state index in [1.54, 1.807) is 0 Å². The largest absolute Gasteiger partial charge is 0.417 e. The van der Waals surface area contributed by atoms with Crippen LogP contribution < -0.4 is 4.90 Å². The Bertz CT molecular complexity index is 373. The van der Waals surface area contributed by atoms with Crippen molar-refractivity contribution in [1.82, 2.24) is 4.98 Å². The third-order valence-electron chi connectivity index (χ3n) is 2.68. The number of halogens is 4. The van der Waals surface area contributed by atoms with E-state index in [4.69, 9.17) is 11.6 Å². The Hall–Kier alpha value is -0.970. The third kappa shape index (κ3) is 3.03. The SMILES string of the molecule is FC(F)(F)c1ccc(N(CCCl)C2CC2)nc1. The van der Waals surface area contributed by atoms with Crippen molar-refractivity contribution in [2.45, 2.75) is 25.1 Å². The molecule has 0 N–H and O–H groups in total. The highest BCUT2D eigenvalue weighted by atomic mass is 35.5. The van der Waals surface area contributed by atoms with Crippen LogP contribution >= 0.6 is 11.6 Å². The van der Waals surface area contributed by atoms with Crippen molar-refractivity contribution in [1.29, 1.82) is 0 Å². The van der Waals surface area contributed by atoms with Crippen LogP contribution in [0.1, 0.15) is 18.4 Å². The fourth-order valence-corrected chi connectivity index (χ4v) is 1.87. The van der Waals surface area contributed by atoms with Crippen molar-refractivity contribution in [2.75, 3.05) is 17.3 Å². The van der Waals surface area contributed by atoms with Crippen molar-refractivity contribution < 1.29 is 13.2 Å². The summed E-state index contributed by atoms with van der Waals surface area (Å²) >= 11 is 5.67. The molecule has 0 amide bonds. The normalized spacial score (nSPS) is 16.0. The summed E-state index contributed by atoms with van der Waals surface area (Å²) < 4.78 is 37.1. The highest BCUT2D eigenvalue weighted by Crippen LogP contribution is 2.33. The quantitative estimate of drug-likeness (QED) is 0.776. The van der Waals surface area contributed by atoms with E-state index in [0.29, 0.717) is 24.3 Å². The van der Waals surface area contributed by atoms with Crippen LogP contribution in [0.25, 0.3) is 0 Å². The summed E-state index contributed by atoms with van der Waals surface area (Å²) in [6, 6.07) is 2.86. The van der Waals surface area contributed by atoms with Gasteiger partial charge < -0.3 is 4.90 Å². The lowest BCUT2D eigenvalue weighted by atomic mass is 10.2. The van der Waals surface area contributed by atoms with Gasteiger partial charge in [0, 0.05) is 24.7 Å². The molecular weight excluding hydrogens is 253 g/mol. The molecule has 0 atom stereocenters. The monoisotopic (exact) mass is 264 g/mol. The molecule has 1 aromatic heterocycles. The van der Waals surface area contributed by atoms with Crippen LogP contribution in [0.4, 0.5) is 19.0 Å². The smallest absolute Gasteiger partial charge is 0.352 e. The molecule has 0 aromatic carbocycles. The molecule has 1 aliphatic rings. The zero-order valence-electron chi connectivity index (χ0n) is 9.04. The molecule has 1 aliphatic carbocycles. The molecule has 94 valence electrons. The van der Waals surface area contributed by atoms with Gasteiger partial charge in [0.15, 0.2) is 0 Å². The first-order valence-electron chi connectivity index (χ1n) is 5.38. The Labute approximate surface area is 102 Å². The van der Waals surface area contributed by atoms with Crippen molar-refractivity contribution >= 4 is 17.4 Å². The van der Waals surface area contributed by atoms with Gasteiger partial charge in [-0.15, -0.1) is 11.6 Å². The highest BCUT2D eigenvalue weighted by Gasteiger charge is 2.32. The summed E-state index contributed by atoms with van der Waals surface area (Å²) in [5.41, 5.74) is -0.720. The third-order valence-corrected chi connectivity index (χ3v) is 2.85. The van der Waals surface area contributed by atoms with Gasteiger partial charge in [-0.25, -0.2) is 4.98 Å². The molecule has 1 fully saturated rings. The number of anilines is 1. The van der Waals surface area contributed by atoms with Crippen LogP contribution in [0.5, 0.6) is 0 Å². The minimum absolute atomic E-state index is 0.387. The molecule has 0 unspecified atom stereocenters. The molecule has 1 heterocycles. The molecule has 0 aliphatic heterocycles. The lowest BCUT2D eigenvalue weighted by Crippen LogP contribution is -2.28. The molecule has 0 radical (unpaired) electrons. The zero-order chi connectivity index (χ0) is 12.5. The maximum Gasteiger partial charge on any atom is 0.417 e. The second kappa shape index (κ2) is 4.72. The second-order valence-electron chi connectivity index (χ2n) is 4.02. The molecule has 1 saturated carbocycles. The van der Waals surface area contributed by atoms with E-state index in [1.165, 1.54) is 6.07 Å². The minimum atomic E-state index is -4.33. The Kier molecular flexibility index (Phi) is 3.47. The summed E-state index contributed by atoms with van der Waals surface area (Å²) in [6.45, 7) is 0.616. The van der Waals surface area contributed by atoms with E-state index in [1.807, 2.05) is 4.90 Å². The van der Waals surface area contributed by atoms with Crippen LogP contribution in [0.15, 0.2) is 18.3 Å². The van der Waals surface area contributed by atoms with Gasteiger partial charge in [-0.05, 0) is 25.0 Å². The van der Waals surface area contributed by atoms with Gasteiger partial charge in [-0.2, -0.15) is 13.2 Å². The van der Waals surface area contributed by atoms with Gasteiger partial charge in [0.05, 0.1) is 5.56 Å². The van der Waals surface area contributed by atoms with Gasteiger partial charge >= 0.3 is 6.18 Å². The summed E-state index contributed by atoms with van der Waals surface area (Å²) in [7, 11) is 0. The van der Waals surface area contributed by atoms with E-state index in [2.05, 4.69) is 4.98 Å². The topological polar surface area (TPSA) is 16.1 Å². The molecule has 0 bridgehead atoms. The van der Waals surface area contributed by atoms with Crippen LogP contribution in [0.2, 0.25) is 0 Å². The Balaban J connectivity index is 2.15. The zero-order valence-corrected chi connectivity index (χ0v) is 9.80. The molecule has 17 heavy (non-hydrogen) atoms. The summed E-state index contributed by atoms with van der Waals surface area (Å²) in [4.78, 5) is 5.84. The molecule has 0 saturated heterocycles. The number of hydrogen-bond donors (Lipinski definition) is 0. The lowest BCUT2D eigenvalue weighted by Gasteiger charge is -2.22. The van der Waals surface area contributed by atoms with E-state index in [-0.39, 0.29) is 0 Å². The first-order valence-corrected chi connectivity index (χ1v) is 5.91. The molecule has 1 aromatic rings. The number of nitrogens with zero attached hydrogens (tertiary/aromatic N) is 2. The Morgan fingerprint density at radius 1 is 1.35 bits per heavy atom. The number of aromatic nitrogens is 1. The molecule has 6 heteroatoms. The van der Waals surface area contributed by atoms with Crippen molar-refractivity contribution in [2.24, 2.45) is 0 Å². The maximum absolute atomic E-state index is 12.4. The predicted molar refractivity (Wildman–Crippen MR) is 60.3 cm³/mol. The number of hydrogen-bond acceptors (Lipinski definition) is 2. The van der Waals surface area contributed by atoms with Gasteiger partial charge in [-0.1, -0.05) is 0 Å². The number of rotatable bonds is 4. The van der Waals surface area contributed by atoms with Crippen LogP contribution in [0, 0.1) is 0 Å².